The molecule has 2 saturated heterocycles. The van der Waals surface area contributed by atoms with Crippen molar-refractivity contribution in [1.82, 2.24) is 0 Å². The van der Waals surface area contributed by atoms with E-state index >= 15 is 0 Å². The van der Waals surface area contributed by atoms with E-state index in [0.29, 0.717) is 0 Å². The zero-order chi connectivity index (χ0) is 24.3. The second kappa shape index (κ2) is 7.37. The van der Waals surface area contributed by atoms with Crippen LogP contribution in [0.2, 0.25) is 0 Å². The first kappa shape index (κ1) is 22.4. The summed E-state index contributed by atoms with van der Waals surface area (Å²) in [7, 11) is 1.30. The quantitative estimate of drug-likeness (QED) is 0.151. The van der Waals surface area contributed by atoms with E-state index in [1.165, 1.54) is 25.3 Å². The van der Waals surface area contributed by atoms with E-state index in [1.54, 1.807) is 13.0 Å². The molecular formula is C21H20N2O10. The molecule has 0 saturated carbocycles. The van der Waals surface area contributed by atoms with Gasteiger partial charge in [-0.15, -0.1) is 0 Å². The normalized spacial score (nSPS) is 29.4. The topological polar surface area (TPSA) is 152 Å². The Labute approximate surface area is 187 Å². The number of benzene rings is 1. The summed E-state index contributed by atoms with van der Waals surface area (Å²) >= 11 is 0. The van der Waals surface area contributed by atoms with E-state index in [4.69, 9.17) is 18.9 Å². The van der Waals surface area contributed by atoms with Gasteiger partial charge in [-0.05, 0) is 19.1 Å². The third-order valence-electron chi connectivity index (χ3n) is 6.01. The molecule has 2 bridgehead atoms. The van der Waals surface area contributed by atoms with E-state index in [1.807, 2.05) is 0 Å². The van der Waals surface area contributed by atoms with Crippen LogP contribution in [0.4, 0.5) is 11.4 Å². The fourth-order valence-electron chi connectivity index (χ4n) is 4.77. The monoisotopic (exact) mass is 460 g/mol. The molecule has 0 aliphatic carbocycles. The standard InChI is InChI=1S/C21H20N2O10/c1-10(24)31-19(32-11(2)25)21-8-7-20(3,33-21)15-16(21)18(27)22(17(15)26)13-9-12(23(28)29)5-6-14(13)30-4/h5-9,15-16,19H,1-4H3/t15-,16+,20-,21-/m1/s1. The van der Waals surface area contributed by atoms with Crippen LogP contribution in [0, 0.1) is 22.0 Å². The van der Waals surface area contributed by atoms with Crippen LogP contribution < -0.4 is 9.64 Å². The number of methoxy groups -OCH3 is 1. The molecule has 1 aromatic carbocycles. The number of amides is 2. The molecule has 4 atom stereocenters. The van der Waals surface area contributed by atoms with Gasteiger partial charge in [-0.25, -0.2) is 4.90 Å². The number of carbonyl (C=O) groups excluding carboxylic acids is 4. The number of hydrogen-bond acceptors (Lipinski definition) is 10. The second-order valence-electron chi connectivity index (χ2n) is 8.10. The van der Waals surface area contributed by atoms with Crippen molar-refractivity contribution < 1.29 is 43.0 Å². The molecule has 33 heavy (non-hydrogen) atoms. The van der Waals surface area contributed by atoms with Crippen molar-refractivity contribution >= 4 is 35.1 Å². The maximum absolute atomic E-state index is 13.6. The van der Waals surface area contributed by atoms with Gasteiger partial charge in [0.15, 0.2) is 5.60 Å². The van der Waals surface area contributed by atoms with Crippen LogP contribution in [0.3, 0.4) is 0 Å². The largest absolute Gasteiger partial charge is 0.495 e. The highest BCUT2D eigenvalue weighted by atomic mass is 16.7. The predicted octanol–water partition coefficient (Wildman–Crippen LogP) is 1.26. The number of anilines is 1. The van der Waals surface area contributed by atoms with Gasteiger partial charge in [0.05, 0.1) is 29.5 Å². The van der Waals surface area contributed by atoms with Crippen LogP contribution in [0.1, 0.15) is 20.8 Å². The molecule has 12 heteroatoms. The number of nitrogens with zero attached hydrogens (tertiary/aromatic N) is 2. The average molecular weight is 460 g/mol. The fourth-order valence-corrected chi connectivity index (χ4v) is 4.77. The van der Waals surface area contributed by atoms with Crippen molar-refractivity contribution in [3.05, 3.63) is 40.5 Å². The molecule has 0 aromatic heterocycles. The van der Waals surface area contributed by atoms with Crippen LogP contribution in [0.15, 0.2) is 30.4 Å². The number of imide groups is 1. The lowest BCUT2D eigenvalue weighted by atomic mass is 9.72. The number of hydrogen-bond donors (Lipinski definition) is 0. The molecule has 0 N–H and O–H groups in total. The van der Waals surface area contributed by atoms with Crippen LogP contribution in [0.5, 0.6) is 5.75 Å². The summed E-state index contributed by atoms with van der Waals surface area (Å²) in [5.74, 6) is -5.25. The minimum Gasteiger partial charge on any atom is -0.495 e. The molecule has 0 radical (unpaired) electrons. The smallest absolute Gasteiger partial charge is 0.305 e. The summed E-state index contributed by atoms with van der Waals surface area (Å²) in [6.07, 6.45) is 1.36. The molecule has 0 spiro atoms. The summed E-state index contributed by atoms with van der Waals surface area (Å²) in [6.45, 7) is 3.77. The van der Waals surface area contributed by atoms with Crippen LogP contribution in [-0.2, 0) is 33.4 Å². The minimum absolute atomic E-state index is 0.0687. The van der Waals surface area contributed by atoms with E-state index in [9.17, 15) is 29.3 Å². The number of carbonyl (C=O) groups is 4. The van der Waals surface area contributed by atoms with Gasteiger partial charge in [0, 0.05) is 26.0 Å². The predicted molar refractivity (Wildman–Crippen MR) is 108 cm³/mol. The lowest BCUT2D eigenvalue weighted by Crippen LogP contribution is -2.52. The Balaban J connectivity index is 1.83. The summed E-state index contributed by atoms with van der Waals surface area (Å²) in [5, 5.41) is 11.3. The lowest BCUT2D eigenvalue weighted by Gasteiger charge is -2.34. The summed E-state index contributed by atoms with van der Waals surface area (Å²) in [6, 6.07) is 3.53. The Hall–Kier alpha value is -3.80. The van der Waals surface area contributed by atoms with Crippen molar-refractivity contribution in [3.8, 4) is 5.75 Å². The highest BCUT2D eigenvalue weighted by Gasteiger charge is 2.76. The van der Waals surface area contributed by atoms with Crippen molar-refractivity contribution in [3.63, 3.8) is 0 Å². The zero-order valence-electron chi connectivity index (χ0n) is 18.1. The van der Waals surface area contributed by atoms with Gasteiger partial charge in [0.2, 0.25) is 11.8 Å². The molecule has 3 aliphatic rings. The Morgan fingerprint density at radius 2 is 1.73 bits per heavy atom. The molecular weight excluding hydrogens is 440 g/mol. The Morgan fingerprint density at radius 3 is 2.27 bits per heavy atom. The van der Waals surface area contributed by atoms with E-state index in [0.717, 1.165) is 24.8 Å². The Bertz CT molecular complexity index is 1110. The maximum atomic E-state index is 13.6. The summed E-state index contributed by atoms with van der Waals surface area (Å²) in [5.41, 5.74) is -3.49. The van der Waals surface area contributed by atoms with Crippen molar-refractivity contribution in [2.45, 2.75) is 38.3 Å². The van der Waals surface area contributed by atoms with Crippen LogP contribution in [0.25, 0.3) is 0 Å². The van der Waals surface area contributed by atoms with E-state index < -0.39 is 58.0 Å². The van der Waals surface area contributed by atoms with Crippen LogP contribution >= 0.6 is 0 Å². The highest BCUT2D eigenvalue weighted by molar-refractivity contribution is 6.24. The third kappa shape index (κ3) is 3.17. The van der Waals surface area contributed by atoms with Gasteiger partial charge in [-0.2, -0.15) is 0 Å². The van der Waals surface area contributed by atoms with Crippen molar-refractivity contribution in [1.29, 1.82) is 0 Å². The SMILES string of the molecule is COc1ccc([N+](=O)[O-])cc1N1C(=O)[C@@H]2[C@H](C1=O)[C@@]1(C)C=C[C@@]2(C(OC(C)=O)OC(C)=O)O1. The first-order valence-corrected chi connectivity index (χ1v) is 9.90. The van der Waals surface area contributed by atoms with Gasteiger partial charge in [-0.3, -0.25) is 29.3 Å². The fraction of sp³-hybridized carbons (Fsp3) is 0.429. The average Bonchev–Trinajstić information content (AvgIpc) is 3.32. The maximum Gasteiger partial charge on any atom is 0.305 e. The van der Waals surface area contributed by atoms with Gasteiger partial charge >= 0.3 is 11.9 Å². The van der Waals surface area contributed by atoms with Crippen molar-refractivity contribution in [2.24, 2.45) is 11.8 Å². The number of nitro groups is 1. The first-order chi connectivity index (χ1) is 15.4. The van der Waals surface area contributed by atoms with Gasteiger partial charge < -0.3 is 18.9 Å². The van der Waals surface area contributed by atoms with Crippen LogP contribution in [-0.4, -0.2) is 53.3 Å². The third-order valence-corrected chi connectivity index (χ3v) is 6.01. The van der Waals surface area contributed by atoms with Gasteiger partial charge in [0.1, 0.15) is 11.4 Å². The summed E-state index contributed by atoms with van der Waals surface area (Å²) < 4.78 is 21.6. The lowest BCUT2D eigenvalue weighted by molar-refractivity contribution is -0.384. The Morgan fingerprint density at radius 1 is 1.12 bits per heavy atom. The van der Waals surface area contributed by atoms with Gasteiger partial charge in [0.25, 0.3) is 12.0 Å². The zero-order valence-corrected chi connectivity index (χ0v) is 18.1. The molecule has 2 fully saturated rings. The molecule has 1 aromatic rings. The second-order valence-corrected chi connectivity index (χ2v) is 8.10. The molecule has 0 unspecified atom stereocenters. The highest BCUT2D eigenvalue weighted by Crippen LogP contribution is 2.60. The number of rotatable bonds is 6. The molecule has 3 aliphatic heterocycles. The number of ether oxygens (including phenoxy) is 4. The molecule has 4 rings (SSSR count). The number of esters is 2. The number of fused-ring (bicyclic) bond motifs is 5. The van der Waals surface area contributed by atoms with E-state index in [-0.39, 0.29) is 17.1 Å². The Kier molecular flexibility index (Phi) is 5.00. The molecule has 2 amide bonds. The number of non-ortho nitro benzene ring substituents is 1. The first-order valence-electron chi connectivity index (χ1n) is 9.90. The molecule has 174 valence electrons. The molecule has 12 nitrogen and oxygen atoms in total. The number of nitro benzene ring substituents is 1. The van der Waals surface area contributed by atoms with E-state index in [2.05, 4.69) is 0 Å². The minimum atomic E-state index is -1.76. The molecule has 3 heterocycles. The summed E-state index contributed by atoms with van der Waals surface area (Å²) in [4.78, 5) is 62.0. The van der Waals surface area contributed by atoms with Crippen molar-refractivity contribution in [2.75, 3.05) is 12.0 Å². The van der Waals surface area contributed by atoms with Gasteiger partial charge in [-0.1, -0.05) is 6.08 Å².